The molecule has 5 N–H and O–H groups in total. The van der Waals surface area contributed by atoms with Crippen LogP contribution in [0.2, 0.25) is 0 Å². The Bertz CT molecular complexity index is 2210. The van der Waals surface area contributed by atoms with Crippen molar-refractivity contribution in [1.82, 2.24) is 20.6 Å². The number of primary amides is 1. The van der Waals surface area contributed by atoms with Crippen LogP contribution >= 0.6 is 11.3 Å². The highest BCUT2D eigenvalue weighted by molar-refractivity contribution is 7.18. The Hall–Kier alpha value is -5.56. The van der Waals surface area contributed by atoms with Crippen molar-refractivity contribution in [2.45, 2.75) is 77.0 Å². The number of aliphatic hydroxyl groups is 1. The number of nitrogens with two attached hydrogens (primary N) is 1. The predicted octanol–water partition coefficient (Wildman–Crippen LogP) is 5.41. The van der Waals surface area contributed by atoms with E-state index in [2.05, 4.69) is 20.6 Å². The van der Waals surface area contributed by atoms with Crippen LogP contribution in [0.3, 0.4) is 0 Å². The minimum atomic E-state index is -5.44. The zero-order valence-corrected chi connectivity index (χ0v) is 32.7. The largest absolute Gasteiger partial charge is 0.494 e. The highest BCUT2D eigenvalue weighted by Gasteiger charge is 2.57. The van der Waals surface area contributed by atoms with E-state index >= 15 is 0 Å². The van der Waals surface area contributed by atoms with Crippen LogP contribution in [0.15, 0.2) is 42.5 Å². The number of hydrogen-bond acceptors (Lipinski definition) is 12. The third-order valence-electron chi connectivity index (χ3n) is 9.05. The number of aromatic nitrogens is 2. The molecule has 0 spiro atoms. The van der Waals surface area contributed by atoms with E-state index in [1.807, 2.05) is 0 Å². The molecule has 57 heavy (non-hydrogen) atoms. The minimum absolute atomic E-state index is 0.0687. The summed E-state index contributed by atoms with van der Waals surface area (Å²) in [5, 5.41) is 16.3. The second kappa shape index (κ2) is 15.8. The first-order chi connectivity index (χ1) is 26.5. The number of ether oxygens (including phenoxy) is 4. The quantitative estimate of drug-likeness (QED) is 0.105. The Morgan fingerprint density at radius 1 is 1.07 bits per heavy atom. The fraction of sp³-hybridized carbons (Fsp3) is 0.421. The van der Waals surface area contributed by atoms with E-state index in [0.29, 0.717) is 4.70 Å². The summed E-state index contributed by atoms with van der Waals surface area (Å²) in [7, 11) is 1.29. The molecule has 0 radical (unpaired) electrons. The number of methoxy groups -OCH3 is 1. The van der Waals surface area contributed by atoms with Crippen LogP contribution in [-0.2, 0) is 36.7 Å². The number of benzene rings is 2. The van der Waals surface area contributed by atoms with Crippen molar-refractivity contribution in [2.24, 2.45) is 11.7 Å². The molecule has 2 aromatic heterocycles. The number of carbonyl (C=O) groups is 4. The number of fused-ring (bicyclic) bond motifs is 2. The first-order valence-corrected chi connectivity index (χ1v) is 18.2. The molecule has 0 unspecified atom stereocenters. The maximum atomic E-state index is 14.9. The highest BCUT2D eigenvalue weighted by Crippen LogP contribution is 2.48. The molecule has 0 fully saturated rings. The van der Waals surface area contributed by atoms with Crippen LogP contribution in [0, 0.1) is 11.7 Å². The van der Waals surface area contributed by atoms with Gasteiger partial charge in [0.2, 0.25) is 11.5 Å². The van der Waals surface area contributed by atoms with Crippen molar-refractivity contribution in [1.29, 1.82) is 0 Å². The molecule has 14 nitrogen and oxygen atoms in total. The number of nitrogens with one attached hydrogen (secondary N) is 2. The van der Waals surface area contributed by atoms with Gasteiger partial charge in [0.05, 0.1) is 24.0 Å². The number of rotatable bonds is 12. The number of pyridine rings is 1. The van der Waals surface area contributed by atoms with Gasteiger partial charge in [0.15, 0.2) is 0 Å². The number of esters is 1. The summed E-state index contributed by atoms with van der Waals surface area (Å²) in [5.74, 6) is -3.73. The molecule has 306 valence electrons. The minimum Gasteiger partial charge on any atom is -0.494 e. The Morgan fingerprint density at radius 2 is 1.74 bits per heavy atom. The summed E-state index contributed by atoms with van der Waals surface area (Å²) >= 11 is 1.01. The number of alkyl halides is 3. The van der Waals surface area contributed by atoms with Crippen molar-refractivity contribution >= 4 is 45.4 Å². The second-order valence-electron chi connectivity index (χ2n) is 14.9. The first kappa shape index (κ1) is 42.6. The lowest BCUT2D eigenvalue weighted by atomic mass is 9.81. The molecule has 0 bridgehead atoms. The van der Waals surface area contributed by atoms with Gasteiger partial charge in [0.1, 0.15) is 63.8 Å². The zero-order valence-electron chi connectivity index (χ0n) is 31.9. The lowest BCUT2D eigenvalue weighted by molar-refractivity contribution is -0.265. The summed E-state index contributed by atoms with van der Waals surface area (Å²) in [4.78, 5) is 59.8. The van der Waals surface area contributed by atoms with Crippen LogP contribution in [-0.4, -0.2) is 77.0 Å². The highest BCUT2D eigenvalue weighted by atomic mass is 32.1. The van der Waals surface area contributed by atoms with Gasteiger partial charge in [-0.25, -0.2) is 23.9 Å². The molecule has 3 atom stereocenters. The first-order valence-electron chi connectivity index (χ1n) is 17.4. The third-order valence-corrected chi connectivity index (χ3v) is 10.0. The fourth-order valence-electron chi connectivity index (χ4n) is 5.80. The summed E-state index contributed by atoms with van der Waals surface area (Å²) in [6.07, 6.45) is -6.24. The SMILES string of the molecule is COc1cc(C(=O)NC[C@](O)(c2cc3c(c(-c4ccc(F)cc4)n2)OC[C@]3(C)C(N)=O)C(F)(F)F)cc2sc(COC(=O)[C@@H](NC(=O)OC(C)(C)C)C(C)C)nc12. The number of halogens is 4. The van der Waals surface area contributed by atoms with Crippen molar-refractivity contribution in [3.63, 3.8) is 0 Å². The Balaban J connectivity index is 1.41. The van der Waals surface area contributed by atoms with E-state index in [0.717, 1.165) is 29.5 Å². The van der Waals surface area contributed by atoms with Crippen LogP contribution < -0.4 is 25.8 Å². The number of amides is 3. The third kappa shape index (κ3) is 8.88. The molecule has 1 aliphatic heterocycles. The standard InChI is InChI=1S/C38H41F4N5O9S/c1-18(2)27(47-34(51)56-35(3,4)5)32(49)54-15-26-46-29-23(53-7)12-20(13-24(29)57-26)31(48)44-16-37(52,38(40,41)42)25-14-22-30(55-17-36(22,6)33(43)50)28(45-25)19-8-10-21(39)11-9-19/h8-14,18,27,52H,15-17H2,1-7H3,(H2,43,50)(H,44,48)(H,47,51)/t27-,36-,37-/m0/s1. The van der Waals surface area contributed by atoms with E-state index in [1.54, 1.807) is 34.6 Å². The molecule has 0 aliphatic carbocycles. The molecule has 5 rings (SSSR count). The van der Waals surface area contributed by atoms with Crippen molar-refractivity contribution in [2.75, 3.05) is 20.3 Å². The molecule has 1 aliphatic rings. The number of thiazole rings is 1. The van der Waals surface area contributed by atoms with E-state index in [4.69, 9.17) is 24.7 Å². The van der Waals surface area contributed by atoms with Gasteiger partial charge in [-0.1, -0.05) is 13.8 Å². The molecule has 19 heteroatoms. The van der Waals surface area contributed by atoms with E-state index in [1.165, 1.54) is 38.3 Å². The Kier molecular flexibility index (Phi) is 11.8. The average Bonchev–Trinajstić information content (AvgIpc) is 3.71. The van der Waals surface area contributed by atoms with Gasteiger partial charge >= 0.3 is 18.2 Å². The topological polar surface area (TPSA) is 201 Å². The van der Waals surface area contributed by atoms with E-state index < -0.39 is 70.8 Å². The van der Waals surface area contributed by atoms with Crippen LogP contribution in [0.25, 0.3) is 21.5 Å². The lowest BCUT2D eigenvalue weighted by Crippen LogP contribution is -2.51. The summed E-state index contributed by atoms with van der Waals surface area (Å²) in [5.41, 5.74) is -1.69. The Morgan fingerprint density at radius 3 is 2.32 bits per heavy atom. The van der Waals surface area contributed by atoms with Gasteiger partial charge in [0.25, 0.3) is 5.91 Å². The van der Waals surface area contributed by atoms with Gasteiger partial charge < -0.3 is 40.4 Å². The zero-order chi connectivity index (χ0) is 42.2. The van der Waals surface area contributed by atoms with Gasteiger partial charge in [-0.3, -0.25) is 9.59 Å². The molecule has 0 saturated heterocycles. The van der Waals surface area contributed by atoms with Crippen LogP contribution in [0.1, 0.15) is 68.2 Å². The maximum absolute atomic E-state index is 14.9. The van der Waals surface area contributed by atoms with Gasteiger partial charge in [-0.05, 0) is 76.1 Å². The molecule has 0 saturated carbocycles. The summed E-state index contributed by atoms with van der Waals surface area (Å²) < 4.78 is 80.6. The number of nitrogens with zero attached hydrogens (tertiary/aromatic N) is 2. The molecule has 4 aromatic rings. The fourth-order valence-corrected chi connectivity index (χ4v) is 6.73. The van der Waals surface area contributed by atoms with Crippen molar-refractivity contribution in [3.05, 3.63) is 70.1 Å². The second-order valence-corrected chi connectivity index (χ2v) is 16.0. The lowest BCUT2D eigenvalue weighted by Gasteiger charge is -2.31. The monoisotopic (exact) mass is 819 g/mol. The van der Waals surface area contributed by atoms with Crippen LogP contribution in [0.5, 0.6) is 11.5 Å². The van der Waals surface area contributed by atoms with E-state index in [9.17, 15) is 41.8 Å². The average molecular weight is 820 g/mol. The smallest absolute Gasteiger partial charge is 0.424 e. The predicted molar refractivity (Wildman–Crippen MR) is 198 cm³/mol. The van der Waals surface area contributed by atoms with Gasteiger partial charge in [-0.15, -0.1) is 11.3 Å². The summed E-state index contributed by atoms with van der Waals surface area (Å²) in [6, 6.07) is 6.96. The van der Waals surface area contributed by atoms with Crippen molar-refractivity contribution < 1.29 is 60.8 Å². The molecular formula is C38H41F4N5O9S. The number of hydrogen-bond donors (Lipinski definition) is 4. The van der Waals surface area contributed by atoms with E-state index in [-0.39, 0.29) is 63.5 Å². The Labute approximate surface area is 328 Å². The molecule has 2 aromatic carbocycles. The van der Waals surface area contributed by atoms with Crippen molar-refractivity contribution in [3.8, 4) is 22.8 Å². The maximum Gasteiger partial charge on any atom is 0.424 e. The van der Waals surface area contributed by atoms with Gasteiger partial charge in [-0.2, -0.15) is 13.2 Å². The molecule has 3 amide bonds. The molecular weight excluding hydrogens is 779 g/mol. The van der Waals surface area contributed by atoms with Crippen LogP contribution in [0.4, 0.5) is 22.4 Å². The molecule has 3 heterocycles. The normalized spacial score (nSPS) is 16.9. The number of alkyl carbamates (subject to hydrolysis) is 1. The number of carbonyl (C=O) groups excluding carboxylic acids is 4. The summed E-state index contributed by atoms with van der Waals surface area (Å²) in [6.45, 7) is 7.69. The van der Waals surface area contributed by atoms with Gasteiger partial charge in [0, 0.05) is 16.7 Å².